The Balaban J connectivity index is 2.21. The molecule has 3 atom stereocenters. The van der Waals surface area contributed by atoms with Crippen LogP contribution in [-0.4, -0.2) is 69.5 Å². The third kappa shape index (κ3) is 8.69. The number of hydrogen-bond acceptors (Lipinski definition) is 6. The van der Waals surface area contributed by atoms with E-state index in [4.69, 9.17) is 15.9 Å². The Bertz CT molecular complexity index is 1100. The molecular weight excluding hydrogens is 470 g/mol. The van der Waals surface area contributed by atoms with Gasteiger partial charge in [0.1, 0.15) is 18.6 Å². The van der Waals surface area contributed by atoms with E-state index >= 15 is 0 Å². The first-order valence-corrected chi connectivity index (χ1v) is 11.6. The zero-order chi connectivity index (χ0) is 26.8. The van der Waals surface area contributed by atoms with Gasteiger partial charge in [-0.25, -0.2) is 0 Å². The normalized spacial score (nSPS) is 13.6. The summed E-state index contributed by atoms with van der Waals surface area (Å²) in [5.74, 6) is -4.35. The van der Waals surface area contributed by atoms with E-state index in [1.807, 2.05) is 38.1 Å². The van der Waals surface area contributed by atoms with Crippen LogP contribution in [-0.2, 0) is 30.4 Å². The zero-order valence-corrected chi connectivity index (χ0v) is 20.2. The summed E-state index contributed by atoms with van der Waals surface area (Å²) in [4.78, 5) is 63.3. The molecule has 0 radical (unpaired) electrons. The van der Waals surface area contributed by atoms with Crippen molar-refractivity contribution in [2.24, 2.45) is 11.7 Å². The molecule has 36 heavy (non-hydrogen) atoms. The van der Waals surface area contributed by atoms with Crippen LogP contribution in [0.25, 0.3) is 10.9 Å². The summed E-state index contributed by atoms with van der Waals surface area (Å²) >= 11 is 0. The predicted molar refractivity (Wildman–Crippen MR) is 131 cm³/mol. The molecule has 0 aliphatic heterocycles. The Morgan fingerprint density at radius 2 is 1.61 bits per heavy atom. The van der Waals surface area contributed by atoms with Gasteiger partial charge in [0.05, 0.1) is 6.04 Å². The summed E-state index contributed by atoms with van der Waals surface area (Å²) in [6, 6.07) is 4.12. The molecule has 196 valence electrons. The van der Waals surface area contributed by atoms with Crippen LogP contribution in [0.2, 0.25) is 0 Å². The van der Waals surface area contributed by atoms with Gasteiger partial charge < -0.3 is 36.9 Å². The number of carboxylic acids is 2. The Hall–Kier alpha value is -3.93. The van der Waals surface area contributed by atoms with Gasteiger partial charge in [-0.15, -0.1) is 0 Å². The molecule has 0 saturated carbocycles. The quantitative estimate of drug-likeness (QED) is 0.188. The van der Waals surface area contributed by atoms with Gasteiger partial charge in [-0.1, -0.05) is 32.0 Å². The van der Waals surface area contributed by atoms with Crippen molar-refractivity contribution >= 4 is 40.6 Å². The number of nitrogens with two attached hydrogens (primary N) is 1. The van der Waals surface area contributed by atoms with Gasteiger partial charge >= 0.3 is 11.9 Å². The van der Waals surface area contributed by atoms with Crippen LogP contribution in [0, 0.1) is 5.92 Å². The van der Waals surface area contributed by atoms with Crippen molar-refractivity contribution in [2.75, 3.05) is 6.54 Å². The number of H-pyrrole nitrogens is 1. The molecule has 3 amide bonds. The third-order valence-electron chi connectivity index (χ3n) is 5.49. The monoisotopic (exact) mass is 503 g/mol. The minimum absolute atomic E-state index is 0.0100. The van der Waals surface area contributed by atoms with Crippen molar-refractivity contribution in [3.63, 3.8) is 0 Å². The molecule has 2 rings (SSSR count). The van der Waals surface area contributed by atoms with Crippen molar-refractivity contribution < 1.29 is 34.2 Å². The van der Waals surface area contributed by atoms with E-state index < -0.39 is 54.3 Å². The van der Waals surface area contributed by atoms with Crippen molar-refractivity contribution in [2.45, 2.75) is 57.7 Å². The van der Waals surface area contributed by atoms with Crippen LogP contribution >= 0.6 is 0 Å². The van der Waals surface area contributed by atoms with E-state index in [2.05, 4.69) is 20.9 Å². The summed E-state index contributed by atoms with van der Waals surface area (Å²) in [7, 11) is 0. The number of carbonyl (C=O) groups excluding carboxylic acids is 3. The molecule has 8 N–H and O–H groups in total. The standard InChI is InChI=1S/C24H33N5O7/c1-13(2)9-18(28-22(34)16(25)7-8-20(30)31)24(36)29-19(23(35)27-12-21(32)33)10-14-11-26-17-6-4-3-5-15(14)17/h3-6,11,13,16,18-19,26H,7-10,12,25H2,1-2H3,(H,27,35)(H,28,34)(H,29,36)(H,30,31)(H,32,33). The van der Waals surface area contributed by atoms with Gasteiger partial charge in [-0.3, -0.25) is 24.0 Å². The lowest BCUT2D eigenvalue weighted by Gasteiger charge is -2.25. The van der Waals surface area contributed by atoms with Gasteiger partial charge in [-0.05, 0) is 30.4 Å². The molecule has 0 bridgehead atoms. The number of aromatic nitrogens is 1. The number of aromatic amines is 1. The molecule has 1 aromatic heterocycles. The SMILES string of the molecule is CC(C)CC(NC(=O)C(N)CCC(=O)O)C(=O)NC(Cc1c[nH]c2ccccc12)C(=O)NCC(=O)O. The molecule has 0 saturated heterocycles. The Morgan fingerprint density at radius 1 is 0.944 bits per heavy atom. The molecule has 0 fully saturated rings. The molecule has 1 heterocycles. The molecule has 0 aliphatic rings. The van der Waals surface area contributed by atoms with Crippen LogP contribution in [0.15, 0.2) is 30.5 Å². The van der Waals surface area contributed by atoms with Crippen molar-refractivity contribution in [1.82, 2.24) is 20.9 Å². The number of nitrogens with one attached hydrogen (secondary N) is 4. The molecular formula is C24H33N5O7. The number of fused-ring (bicyclic) bond motifs is 1. The van der Waals surface area contributed by atoms with Gasteiger partial charge in [0.2, 0.25) is 17.7 Å². The first-order valence-electron chi connectivity index (χ1n) is 11.6. The van der Waals surface area contributed by atoms with E-state index in [-0.39, 0.29) is 31.6 Å². The minimum Gasteiger partial charge on any atom is -0.481 e. The smallest absolute Gasteiger partial charge is 0.322 e. The third-order valence-corrected chi connectivity index (χ3v) is 5.49. The number of aliphatic carboxylic acids is 2. The lowest BCUT2D eigenvalue weighted by Crippen LogP contribution is -2.56. The largest absolute Gasteiger partial charge is 0.481 e. The van der Waals surface area contributed by atoms with Crippen LogP contribution in [0.5, 0.6) is 0 Å². The van der Waals surface area contributed by atoms with Crippen LogP contribution in [0.3, 0.4) is 0 Å². The first kappa shape index (κ1) is 28.3. The van der Waals surface area contributed by atoms with Gasteiger partial charge in [0, 0.05) is 29.9 Å². The molecule has 1 aromatic carbocycles. The molecule has 2 aromatic rings. The molecule has 0 aliphatic carbocycles. The van der Waals surface area contributed by atoms with Gasteiger partial charge in [-0.2, -0.15) is 0 Å². The van der Waals surface area contributed by atoms with E-state index in [1.54, 1.807) is 6.20 Å². The van der Waals surface area contributed by atoms with Crippen LogP contribution < -0.4 is 21.7 Å². The maximum Gasteiger partial charge on any atom is 0.322 e. The van der Waals surface area contributed by atoms with E-state index in [0.717, 1.165) is 16.5 Å². The number of amides is 3. The fraction of sp³-hybridized carbons (Fsp3) is 0.458. The first-order chi connectivity index (χ1) is 17.0. The second kappa shape index (κ2) is 13.2. The number of carbonyl (C=O) groups is 5. The highest BCUT2D eigenvalue weighted by Crippen LogP contribution is 2.19. The Morgan fingerprint density at radius 3 is 2.25 bits per heavy atom. The predicted octanol–water partition coefficient (Wildman–Crippen LogP) is 0.119. The number of benzene rings is 1. The van der Waals surface area contributed by atoms with Crippen molar-refractivity contribution in [1.29, 1.82) is 0 Å². The van der Waals surface area contributed by atoms with E-state index in [1.165, 1.54) is 0 Å². The Labute approximate surface area is 208 Å². The zero-order valence-electron chi connectivity index (χ0n) is 20.2. The van der Waals surface area contributed by atoms with Crippen molar-refractivity contribution in [3.8, 4) is 0 Å². The Kier molecular flexibility index (Phi) is 10.4. The van der Waals surface area contributed by atoms with Gasteiger partial charge in [0.15, 0.2) is 0 Å². The molecule has 0 spiro atoms. The number of rotatable bonds is 14. The van der Waals surface area contributed by atoms with Crippen LogP contribution in [0.4, 0.5) is 0 Å². The minimum atomic E-state index is -1.24. The number of hydrogen-bond donors (Lipinski definition) is 7. The fourth-order valence-electron chi connectivity index (χ4n) is 3.68. The summed E-state index contributed by atoms with van der Waals surface area (Å²) < 4.78 is 0. The molecule has 12 nitrogen and oxygen atoms in total. The van der Waals surface area contributed by atoms with Crippen molar-refractivity contribution in [3.05, 3.63) is 36.0 Å². The summed E-state index contributed by atoms with van der Waals surface area (Å²) in [5.41, 5.74) is 7.35. The maximum atomic E-state index is 13.2. The number of para-hydroxylation sites is 1. The number of carboxylic acid groups (broad SMARTS) is 2. The molecule has 3 unspecified atom stereocenters. The fourth-order valence-corrected chi connectivity index (χ4v) is 3.68. The highest BCUT2D eigenvalue weighted by Gasteiger charge is 2.29. The summed E-state index contributed by atoms with van der Waals surface area (Å²) in [5, 5.41) is 26.1. The van der Waals surface area contributed by atoms with E-state index in [9.17, 15) is 24.0 Å². The highest BCUT2D eigenvalue weighted by atomic mass is 16.4. The topological polar surface area (TPSA) is 204 Å². The maximum absolute atomic E-state index is 13.2. The second-order valence-electron chi connectivity index (χ2n) is 8.97. The summed E-state index contributed by atoms with van der Waals surface area (Å²) in [6.07, 6.45) is 1.62. The average Bonchev–Trinajstić information content (AvgIpc) is 3.22. The van der Waals surface area contributed by atoms with Gasteiger partial charge in [0.25, 0.3) is 0 Å². The second-order valence-corrected chi connectivity index (χ2v) is 8.97. The van der Waals surface area contributed by atoms with E-state index in [0.29, 0.717) is 0 Å². The average molecular weight is 504 g/mol. The summed E-state index contributed by atoms with van der Waals surface area (Å²) in [6.45, 7) is 3.07. The lowest BCUT2D eigenvalue weighted by atomic mass is 10.00. The highest BCUT2D eigenvalue weighted by molar-refractivity contribution is 5.94. The molecule has 12 heteroatoms. The lowest BCUT2D eigenvalue weighted by molar-refractivity contribution is -0.139. The van der Waals surface area contributed by atoms with Crippen LogP contribution in [0.1, 0.15) is 38.7 Å².